The Balaban J connectivity index is 2.37. The molecule has 4 heteroatoms. The maximum atomic E-state index is 11.2. The predicted octanol–water partition coefficient (Wildman–Crippen LogP) is 1.67. The van der Waals surface area contributed by atoms with Crippen molar-refractivity contribution in [2.45, 2.75) is 39.0 Å². The van der Waals surface area contributed by atoms with E-state index in [4.69, 9.17) is 9.47 Å². The Labute approximate surface area is 89.9 Å². The van der Waals surface area contributed by atoms with Crippen LogP contribution in [0.25, 0.3) is 0 Å². The van der Waals surface area contributed by atoms with Crippen LogP contribution in [0.15, 0.2) is 0 Å². The van der Waals surface area contributed by atoms with Gasteiger partial charge in [0.1, 0.15) is 0 Å². The highest BCUT2D eigenvalue weighted by Gasteiger charge is 2.12. The van der Waals surface area contributed by atoms with Gasteiger partial charge in [-0.2, -0.15) is 0 Å². The Morgan fingerprint density at radius 1 is 1.07 bits per heavy atom. The largest absolute Gasteiger partial charge is 0.466 e. The van der Waals surface area contributed by atoms with Crippen LogP contribution in [0.5, 0.6) is 0 Å². The number of carbonyl (C=O) groups is 2. The lowest BCUT2D eigenvalue weighted by Crippen LogP contribution is -2.16. The van der Waals surface area contributed by atoms with E-state index in [1.54, 1.807) is 0 Å². The molecule has 1 fully saturated rings. The summed E-state index contributed by atoms with van der Waals surface area (Å²) < 4.78 is 9.98. The molecule has 86 valence electrons. The molecule has 0 aromatic heterocycles. The molecule has 0 saturated carbocycles. The predicted molar refractivity (Wildman–Crippen MR) is 54.2 cm³/mol. The highest BCUT2D eigenvalue weighted by molar-refractivity contribution is 5.77. The lowest BCUT2D eigenvalue weighted by atomic mass is 10.1. The van der Waals surface area contributed by atoms with Gasteiger partial charge in [-0.05, 0) is 25.2 Å². The van der Waals surface area contributed by atoms with Gasteiger partial charge in [0.25, 0.3) is 0 Å². The molecule has 0 amide bonds. The Morgan fingerprint density at radius 2 is 1.73 bits per heavy atom. The maximum absolute atomic E-state index is 11.2. The second-order valence-corrected chi connectivity index (χ2v) is 4.00. The first-order valence-electron chi connectivity index (χ1n) is 5.49. The molecule has 1 aliphatic heterocycles. The average molecular weight is 214 g/mol. The molecule has 1 heterocycles. The van der Waals surface area contributed by atoms with Gasteiger partial charge in [0.2, 0.25) is 0 Å². The second-order valence-electron chi connectivity index (χ2n) is 4.00. The van der Waals surface area contributed by atoms with E-state index in [-0.39, 0.29) is 24.8 Å². The quantitative estimate of drug-likeness (QED) is 0.575. The number of ether oxygens (including phenoxy) is 2. The summed E-state index contributed by atoms with van der Waals surface area (Å²) in [6.07, 6.45) is 3.17. The molecule has 4 nitrogen and oxygen atoms in total. The molecule has 1 atom stereocenters. The number of carbonyl (C=O) groups excluding carboxylic acids is 2. The molecule has 0 N–H and O–H groups in total. The summed E-state index contributed by atoms with van der Waals surface area (Å²) in [4.78, 5) is 22.2. The van der Waals surface area contributed by atoms with E-state index in [2.05, 4.69) is 6.92 Å². The van der Waals surface area contributed by atoms with E-state index in [0.717, 1.165) is 19.3 Å². The summed E-state index contributed by atoms with van der Waals surface area (Å²) in [6, 6.07) is 0. The van der Waals surface area contributed by atoms with E-state index in [9.17, 15) is 9.59 Å². The van der Waals surface area contributed by atoms with Crippen LogP contribution in [0.1, 0.15) is 39.0 Å². The third-order valence-electron chi connectivity index (χ3n) is 2.42. The van der Waals surface area contributed by atoms with Crippen molar-refractivity contribution in [2.24, 2.45) is 5.92 Å². The third kappa shape index (κ3) is 5.40. The maximum Gasteiger partial charge on any atom is 0.306 e. The molecule has 0 radical (unpaired) electrons. The van der Waals surface area contributed by atoms with Gasteiger partial charge in [0, 0.05) is 0 Å². The zero-order chi connectivity index (χ0) is 11.1. The molecule has 1 unspecified atom stereocenters. The van der Waals surface area contributed by atoms with Crippen LogP contribution >= 0.6 is 0 Å². The first-order chi connectivity index (χ1) is 7.18. The fraction of sp³-hybridized carbons (Fsp3) is 0.818. The number of cyclic esters (lactones) is 2. The highest BCUT2D eigenvalue weighted by atomic mass is 16.5. The second kappa shape index (κ2) is 6.43. The first-order valence-corrected chi connectivity index (χ1v) is 5.49. The first kappa shape index (κ1) is 12.0. The summed E-state index contributed by atoms with van der Waals surface area (Å²) >= 11 is 0. The normalized spacial score (nSPS) is 25.8. The minimum atomic E-state index is -0.306. The van der Waals surface area contributed by atoms with E-state index in [1.165, 1.54) is 0 Å². The van der Waals surface area contributed by atoms with Crippen LogP contribution in [0, 0.1) is 5.92 Å². The van der Waals surface area contributed by atoms with E-state index in [0.29, 0.717) is 19.1 Å². The van der Waals surface area contributed by atoms with Gasteiger partial charge in [-0.25, -0.2) is 0 Å². The molecular formula is C11H18O4. The van der Waals surface area contributed by atoms with Crippen LogP contribution in [0.4, 0.5) is 0 Å². The van der Waals surface area contributed by atoms with E-state index >= 15 is 0 Å². The summed E-state index contributed by atoms with van der Waals surface area (Å²) in [5.41, 5.74) is 0. The van der Waals surface area contributed by atoms with Crippen molar-refractivity contribution in [3.8, 4) is 0 Å². The molecule has 0 spiro atoms. The minimum Gasteiger partial charge on any atom is -0.466 e. The SMILES string of the molecule is CC1CCCCOC(=O)CCC(=O)OC1. The van der Waals surface area contributed by atoms with Gasteiger partial charge in [0.05, 0.1) is 26.1 Å². The molecule has 15 heavy (non-hydrogen) atoms. The van der Waals surface area contributed by atoms with Crippen LogP contribution in [-0.4, -0.2) is 25.2 Å². The summed E-state index contributed by atoms with van der Waals surface area (Å²) in [5.74, 6) is -0.218. The van der Waals surface area contributed by atoms with Crippen molar-refractivity contribution in [3.63, 3.8) is 0 Å². The third-order valence-corrected chi connectivity index (χ3v) is 2.42. The molecule has 0 aromatic rings. The number of rotatable bonds is 0. The molecule has 1 rings (SSSR count). The molecular weight excluding hydrogens is 196 g/mol. The van der Waals surface area contributed by atoms with Crippen LogP contribution in [0.3, 0.4) is 0 Å². The molecule has 1 saturated heterocycles. The highest BCUT2D eigenvalue weighted by Crippen LogP contribution is 2.10. The number of esters is 2. The summed E-state index contributed by atoms with van der Waals surface area (Å²) in [7, 11) is 0. The Bertz CT molecular complexity index is 225. The lowest BCUT2D eigenvalue weighted by Gasteiger charge is -2.13. The van der Waals surface area contributed by atoms with Gasteiger partial charge in [-0.3, -0.25) is 9.59 Å². The molecule has 1 aliphatic rings. The van der Waals surface area contributed by atoms with E-state index < -0.39 is 0 Å². The van der Waals surface area contributed by atoms with Crippen LogP contribution in [-0.2, 0) is 19.1 Å². The zero-order valence-corrected chi connectivity index (χ0v) is 9.16. The summed E-state index contributed by atoms with van der Waals surface area (Å²) in [5, 5.41) is 0. The van der Waals surface area contributed by atoms with Crippen molar-refractivity contribution >= 4 is 11.9 Å². The van der Waals surface area contributed by atoms with Crippen LogP contribution in [0.2, 0.25) is 0 Å². The Kier molecular flexibility index (Phi) is 5.15. The minimum absolute atomic E-state index is 0.131. The molecule has 0 aromatic carbocycles. The van der Waals surface area contributed by atoms with E-state index in [1.807, 2.05) is 0 Å². The molecule has 0 aliphatic carbocycles. The number of hydrogen-bond donors (Lipinski definition) is 0. The van der Waals surface area contributed by atoms with Gasteiger partial charge in [0.15, 0.2) is 0 Å². The Hall–Kier alpha value is -1.06. The molecule has 0 bridgehead atoms. The lowest BCUT2D eigenvalue weighted by molar-refractivity contribution is -0.151. The average Bonchev–Trinajstić information content (AvgIpc) is 2.21. The van der Waals surface area contributed by atoms with Gasteiger partial charge in [-0.1, -0.05) is 6.92 Å². The fourth-order valence-corrected chi connectivity index (χ4v) is 1.45. The van der Waals surface area contributed by atoms with Crippen LogP contribution < -0.4 is 0 Å². The zero-order valence-electron chi connectivity index (χ0n) is 9.16. The Morgan fingerprint density at radius 3 is 2.47 bits per heavy atom. The van der Waals surface area contributed by atoms with Gasteiger partial charge < -0.3 is 9.47 Å². The number of hydrogen-bond acceptors (Lipinski definition) is 4. The van der Waals surface area contributed by atoms with Crippen molar-refractivity contribution in [3.05, 3.63) is 0 Å². The smallest absolute Gasteiger partial charge is 0.306 e. The van der Waals surface area contributed by atoms with Crippen molar-refractivity contribution in [2.75, 3.05) is 13.2 Å². The topological polar surface area (TPSA) is 52.6 Å². The van der Waals surface area contributed by atoms with Crippen molar-refractivity contribution < 1.29 is 19.1 Å². The van der Waals surface area contributed by atoms with Crippen molar-refractivity contribution in [1.82, 2.24) is 0 Å². The van der Waals surface area contributed by atoms with Gasteiger partial charge >= 0.3 is 11.9 Å². The van der Waals surface area contributed by atoms with Crippen molar-refractivity contribution in [1.29, 1.82) is 0 Å². The van der Waals surface area contributed by atoms with Gasteiger partial charge in [-0.15, -0.1) is 0 Å². The fourth-order valence-electron chi connectivity index (χ4n) is 1.45. The monoisotopic (exact) mass is 214 g/mol. The summed E-state index contributed by atoms with van der Waals surface area (Å²) in [6.45, 7) is 3.00. The standard InChI is InChI=1S/C11H18O4/c1-9-4-2-3-7-14-10(12)5-6-11(13)15-8-9/h9H,2-8H2,1H3.